The first-order chi connectivity index (χ1) is 9.20. The molecule has 1 aromatic carbocycles. The van der Waals surface area contributed by atoms with E-state index < -0.39 is 0 Å². The van der Waals surface area contributed by atoms with E-state index >= 15 is 0 Å². The van der Waals surface area contributed by atoms with E-state index in [-0.39, 0.29) is 6.04 Å². The van der Waals surface area contributed by atoms with E-state index in [4.69, 9.17) is 0 Å². The van der Waals surface area contributed by atoms with Gasteiger partial charge in [0.05, 0.1) is 11.7 Å². The van der Waals surface area contributed by atoms with Gasteiger partial charge in [0.25, 0.3) is 0 Å². The Kier molecular flexibility index (Phi) is 4.61. The molecular formula is C16H23N3. The van der Waals surface area contributed by atoms with E-state index in [9.17, 15) is 0 Å². The molecule has 2 aromatic rings. The lowest BCUT2D eigenvalue weighted by Crippen LogP contribution is -2.11. The van der Waals surface area contributed by atoms with Gasteiger partial charge in [-0.1, -0.05) is 25.5 Å². The fraction of sp³-hybridized carbons (Fsp3) is 0.438. The zero-order valence-corrected chi connectivity index (χ0v) is 12.1. The third-order valence-electron chi connectivity index (χ3n) is 3.46. The predicted octanol–water partition coefficient (Wildman–Crippen LogP) is 3.94. The Morgan fingerprint density at radius 2 is 1.95 bits per heavy atom. The molecule has 0 saturated carbocycles. The maximum Gasteiger partial charge on any atom is 0.0653 e. The van der Waals surface area contributed by atoms with Gasteiger partial charge < -0.3 is 5.32 Å². The molecule has 0 amide bonds. The lowest BCUT2D eigenvalue weighted by Gasteiger charge is -2.16. The molecule has 0 aliphatic heterocycles. The molecule has 1 unspecified atom stereocenters. The second kappa shape index (κ2) is 6.41. The molecule has 3 heteroatoms. The van der Waals surface area contributed by atoms with Crippen molar-refractivity contribution < 1.29 is 0 Å². The molecule has 0 radical (unpaired) electrons. The van der Waals surface area contributed by atoms with E-state index in [0.29, 0.717) is 0 Å². The van der Waals surface area contributed by atoms with Crippen molar-refractivity contribution in [1.82, 2.24) is 9.78 Å². The van der Waals surface area contributed by atoms with Crippen LogP contribution in [0.15, 0.2) is 36.5 Å². The summed E-state index contributed by atoms with van der Waals surface area (Å²) in [6.07, 6.45) is 5.52. The number of benzene rings is 1. The Hall–Kier alpha value is -1.77. The summed E-state index contributed by atoms with van der Waals surface area (Å²) in [6.45, 7) is 4.38. The molecule has 1 heterocycles. The molecule has 2 rings (SSSR count). The van der Waals surface area contributed by atoms with Gasteiger partial charge in [-0.3, -0.25) is 4.68 Å². The molecule has 0 saturated heterocycles. The van der Waals surface area contributed by atoms with Gasteiger partial charge in [-0.15, -0.1) is 0 Å². The second-order valence-corrected chi connectivity index (χ2v) is 5.05. The zero-order valence-electron chi connectivity index (χ0n) is 12.1. The molecule has 1 atom stereocenters. The summed E-state index contributed by atoms with van der Waals surface area (Å²) >= 11 is 0. The van der Waals surface area contributed by atoms with Crippen LogP contribution in [0.25, 0.3) is 0 Å². The normalized spacial score (nSPS) is 12.4. The number of nitrogens with zero attached hydrogens (tertiary/aromatic N) is 2. The molecule has 102 valence electrons. The fourth-order valence-corrected chi connectivity index (χ4v) is 2.28. The van der Waals surface area contributed by atoms with Crippen LogP contribution in [0.1, 0.15) is 44.0 Å². The van der Waals surface area contributed by atoms with Gasteiger partial charge in [-0.25, -0.2) is 0 Å². The highest BCUT2D eigenvalue weighted by Crippen LogP contribution is 2.19. The number of rotatable bonds is 6. The number of anilines is 1. The number of hydrogen-bond acceptors (Lipinski definition) is 2. The first kappa shape index (κ1) is 13.7. The summed E-state index contributed by atoms with van der Waals surface area (Å²) in [5, 5.41) is 7.71. The SMILES string of the molecule is CCCCc1ccc(NC(C)c2ccnn2C)cc1. The van der Waals surface area contributed by atoms with Crippen LogP contribution >= 0.6 is 0 Å². The van der Waals surface area contributed by atoms with E-state index in [1.165, 1.54) is 30.5 Å². The third-order valence-corrected chi connectivity index (χ3v) is 3.46. The van der Waals surface area contributed by atoms with E-state index in [1.807, 2.05) is 24.0 Å². The van der Waals surface area contributed by atoms with E-state index in [0.717, 1.165) is 5.69 Å². The number of aryl methyl sites for hydroxylation is 2. The molecule has 0 spiro atoms. The first-order valence-electron chi connectivity index (χ1n) is 7.04. The van der Waals surface area contributed by atoms with E-state index in [2.05, 4.69) is 48.5 Å². The number of aromatic nitrogens is 2. The maximum absolute atomic E-state index is 4.20. The molecule has 3 nitrogen and oxygen atoms in total. The molecule has 0 fully saturated rings. The minimum absolute atomic E-state index is 0.258. The van der Waals surface area contributed by atoms with Crippen molar-refractivity contribution in [1.29, 1.82) is 0 Å². The standard InChI is InChI=1S/C16H23N3/c1-4-5-6-14-7-9-15(10-8-14)18-13(2)16-11-12-17-19(16)3/h7-13,18H,4-6H2,1-3H3. The smallest absolute Gasteiger partial charge is 0.0653 e. The molecule has 19 heavy (non-hydrogen) atoms. The topological polar surface area (TPSA) is 29.9 Å². The van der Waals surface area contributed by atoms with Gasteiger partial charge in [0.15, 0.2) is 0 Å². The summed E-state index contributed by atoms with van der Waals surface area (Å²) in [5.74, 6) is 0. The second-order valence-electron chi connectivity index (χ2n) is 5.05. The van der Waals surface area contributed by atoms with Gasteiger partial charge >= 0.3 is 0 Å². The van der Waals surface area contributed by atoms with E-state index in [1.54, 1.807) is 0 Å². The largest absolute Gasteiger partial charge is 0.377 e. The van der Waals surface area contributed by atoms with Gasteiger partial charge in [0.1, 0.15) is 0 Å². The van der Waals surface area contributed by atoms with Gasteiger partial charge in [0, 0.05) is 18.9 Å². The van der Waals surface area contributed by atoms with Crippen molar-refractivity contribution in [2.45, 2.75) is 39.2 Å². The van der Waals surface area contributed by atoms with Crippen LogP contribution in [-0.4, -0.2) is 9.78 Å². The van der Waals surface area contributed by atoms with Crippen LogP contribution in [0.4, 0.5) is 5.69 Å². The van der Waals surface area contributed by atoms with Crippen LogP contribution in [0, 0.1) is 0 Å². The first-order valence-corrected chi connectivity index (χ1v) is 7.04. The minimum Gasteiger partial charge on any atom is -0.377 e. The summed E-state index contributed by atoms with van der Waals surface area (Å²) < 4.78 is 1.91. The lowest BCUT2D eigenvalue weighted by atomic mass is 10.1. The molecule has 0 aliphatic carbocycles. The molecule has 0 bridgehead atoms. The monoisotopic (exact) mass is 257 g/mol. The minimum atomic E-state index is 0.258. The van der Waals surface area contributed by atoms with Crippen molar-refractivity contribution in [3.63, 3.8) is 0 Å². The van der Waals surface area contributed by atoms with Crippen molar-refractivity contribution in [3.05, 3.63) is 47.8 Å². The Bertz CT molecular complexity index is 499. The number of unbranched alkanes of at least 4 members (excludes halogenated alkanes) is 1. The highest BCUT2D eigenvalue weighted by atomic mass is 15.3. The maximum atomic E-state index is 4.20. The third kappa shape index (κ3) is 3.60. The summed E-state index contributed by atoms with van der Waals surface area (Å²) in [5.41, 5.74) is 3.77. The van der Waals surface area contributed by atoms with Crippen molar-refractivity contribution in [2.24, 2.45) is 7.05 Å². The average Bonchev–Trinajstić information content (AvgIpc) is 2.84. The van der Waals surface area contributed by atoms with Gasteiger partial charge in [-0.2, -0.15) is 5.10 Å². The number of nitrogens with one attached hydrogen (secondary N) is 1. The Labute approximate surface area is 115 Å². The fourth-order valence-electron chi connectivity index (χ4n) is 2.28. The van der Waals surface area contributed by atoms with Gasteiger partial charge in [0.2, 0.25) is 0 Å². The van der Waals surface area contributed by atoms with Crippen LogP contribution < -0.4 is 5.32 Å². The highest BCUT2D eigenvalue weighted by molar-refractivity contribution is 5.46. The molecule has 1 aromatic heterocycles. The Morgan fingerprint density at radius 1 is 1.21 bits per heavy atom. The molecule has 0 aliphatic rings. The quantitative estimate of drug-likeness (QED) is 0.849. The van der Waals surface area contributed by atoms with Crippen molar-refractivity contribution in [2.75, 3.05) is 5.32 Å². The van der Waals surface area contributed by atoms with Gasteiger partial charge in [-0.05, 0) is 43.5 Å². The predicted molar refractivity (Wildman–Crippen MR) is 80.3 cm³/mol. The summed E-state index contributed by atoms with van der Waals surface area (Å²) in [4.78, 5) is 0. The van der Waals surface area contributed by atoms with Crippen LogP contribution in [-0.2, 0) is 13.5 Å². The summed E-state index contributed by atoms with van der Waals surface area (Å²) in [7, 11) is 1.97. The summed E-state index contributed by atoms with van der Waals surface area (Å²) in [6, 6.07) is 11.1. The lowest BCUT2D eigenvalue weighted by molar-refractivity contribution is 0.676. The number of hydrogen-bond donors (Lipinski definition) is 1. The molecular weight excluding hydrogens is 234 g/mol. The van der Waals surface area contributed by atoms with Crippen LogP contribution in [0.3, 0.4) is 0 Å². The average molecular weight is 257 g/mol. The van der Waals surface area contributed by atoms with Crippen molar-refractivity contribution in [3.8, 4) is 0 Å². The Morgan fingerprint density at radius 3 is 2.53 bits per heavy atom. The van der Waals surface area contributed by atoms with Crippen LogP contribution in [0.2, 0.25) is 0 Å². The van der Waals surface area contributed by atoms with Crippen LogP contribution in [0.5, 0.6) is 0 Å². The van der Waals surface area contributed by atoms with Crippen molar-refractivity contribution >= 4 is 5.69 Å². The zero-order chi connectivity index (χ0) is 13.7. The Balaban J connectivity index is 1.97. The highest BCUT2D eigenvalue weighted by Gasteiger charge is 2.08. The molecule has 1 N–H and O–H groups in total.